The maximum atomic E-state index is 16.3. The summed E-state index contributed by atoms with van der Waals surface area (Å²) in [4.78, 5) is 66.1. The molecule has 3 N–H and O–H groups in total. The molecule has 1 unspecified atom stereocenters. The van der Waals surface area contributed by atoms with Gasteiger partial charge >= 0.3 is 6.09 Å². The minimum absolute atomic E-state index is 0.0286. The number of nitrogens with zero attached hydrogens (tertiary/aromatic N) is 4. The molecule has 1 aromatic carbocycles. The van der Waals surface area contributed by atoms with Crippen LogP contribution in [-0.4, -0.2) is 94.6 Å². The summed E-state index contributed by atoms with van der Waals surface area (Å²) in [5.74, 6) is -10.4. The van der Waals surface area contributed by atoms with E-state index in [1.165, 1.54) is 25.1 Å². The van der Waals surface area contributed by atoms with Crippen molar-refractivity contribution in [3.8, 4) is 11.9 Å². The molecule has 60 heavy (non-hydrogen) atoms. The molecule has 2 aliphatic heterocycles. The van der Waals surface area contributed by atoms with Crippen molar-refractivity contribution in [1.82, 2.24) is 30.2 Å². The fourth-order valence-corrected chi connectivity index (χ4v) is 9.71. The molecule has 8 atom stereocenters. The van der Waals surface area contributed by atoms with Crippen LogP contribution < -0.4 is 20.1 Å². The van der Waals surface area contributed by atoms with Crippen LogP contribution in [0.5, 0.6) is 5.88 Å². The second kappa shape index (κ2) is 15.3. The van der Waals surface area contributed by atoms with E-state index in [9.17, 15) is 41.6 Å². The maximum Gasteiger partial charge on any atom is 0.408 e. The Morgan fingerprint density at radius 2 is 1.80 bits per heavy atom. The van der Waals surface area contributed by atoms with Crippen LogP contribution in [0, 0.1) is 34.5 Å². The van der Waals surface area contributed by atoms with Gasteiger partial charge in [0.25, 0.3) is 11.8 Å². The zero-order chi connectivity index (χ0) is 43.7. The molecule has 2 bridgehead atoms. The molecule has 3 saturated carbocycles. The first-order valence-corrected chi connectivity index (χ1v) is 21.7. The van der Waals surface area contributed by atoms with Crippen LogP contribution in [-0.2, 0) is 35.1 Å². The zero-order valence-electron chi connectivity index (χ0n) is 33.9. The number of sulfonamides is 1. The van der Waals surface area contributed by atoms with Gasteiger partial charge in [-0.3, -0.25) is 19.1 Å². The van der Waals surface area contributed by atoms with Crippen molar-refractivity contribution in [2.24, 2.45) is 23.2 Å². The zero-order valence-corrected chi connectivity index (χ0v) is 34.7. The number of ether oxygens (including phenoxy) is 2. The fraction of sp³-hybridized carbons (Fsp3) is 0.675. The van der Waals surface area contributed by atoms with Crippen molar-refractivity contribution < 1.29 is 54.6 Å². The highest BCUT2D eigenvalue weighted by molar-refractivity contribution is 7.91. The third-order valence-corrected chi connectivity index (χ3v) is 14.9. The van der Waals surface area contributed by atoms with Gasteiger partial charge in [-0.25, -0.2) is 32.0 Å². The van der Waals surface area contributed by atoms with Crippen molar-refractivity contribution in [3.63, 3.8) is 0 Å². The molecule has 20 heteroatoms. The molecular weight excluding hydrogens is 815 g/mol. The number of carbonyl (C=O) groups excluding carboxylic acids is 4. The average molecular weight is 864 g/mol. The monoisotopic (exact) mass is 863 g/mol. The molecule has 0 spiro atoms. The van der Waals surface area contributed by atoms with Gasteiger partial charge in [0.1, 0.15) is 29.8 Å². The van der Waals surface area contributed by atoms with Gasteiger partial charge in [-0.2, -0.15) is 14.0 Å². The second-order valence-corrected chi connectivity index (χ2v) is 20.4. The third kappa shape index (κ3) is 8.17. The summed E-state index contributed by atoms with van der Waals surface area (Å²) in [5.41, 5.74) is -3.90. The van der Waals surface area contributed by atoms with Gasteiger partial charge in [-0.05, 0) is 81.4 Å². The standard InChI is InChI=1S/C40H49F4N7O8S/c1-6-22-27-19-51(28(22)32(52)49-39(17-23(39)31(41)42)35(54)50-60(56,57)38(5)13-14-38)34(53)30(37(2,3)4)48-36(55)59-26-16-21(26)9-7-8-12-40(43,44)29-33(58-27)47-25-15-20(18-45)10-11-24(25)46-29/h10-11,15,21-23,26-28,30-31H,6-9,12-14,16-17,19H2,1-5H3,(H,48,55)(H,49,52)(H,50,54)/t21-,22-,23?,26-,27+,28+,30-,39-/m1/s1. The molecule has 2 aromatic rings. The van der Waals surface area contributed by atoms with Crippen molar-refractivity contribution in [2.75, 3.05) is 6.54 Å². The Hall–Kier alpha value is -4.80. The molecule has 7 rings (SSSR count). The van der Waals surface area contributed by atoms with Crippen molar-refractivity contribution >= 4 is 44.9 Å². The molecular formula is C40H49F4N7O8S. The molecule has 3 heterocycles. The average Bonchev–Trinajstić information content (AvgIpc) is 4.12. The minimum Gasteiger partial charge on any atom is -0.471 e. The predicted molar refractivity (Wildman–Crippen MR) is 205 cm³/mol. The molecule has 0 radical (unpaired) electrons. The number of amides is 4. The summed E-state index contributed by atoms with van der Waals surface area (Å²) in [6.07, 6.45) is -5.13. The lowest BCUT2D eigenvalue weighted by Crippen LogP contribution is -2.61. The van der Waals surface area contributed by atoms with Crippen LogP contribution in [0.3, 0.4) is 0 Å². The second-order valence-electron chi connectivity index (χ2n) is 18.2. The number of rotatable bonds is 7. The summed E-state index contributed by atoms with van der Waals surface area (Å²) in [6, 6.07) is 3.14. The van der Waals surface area contributed by atoms with E-state index in [1.54, 1.807) is 27.7 Å². The van der Waals surface area contributed by atoms with Gasteiger partial charge in [-0.1, -0.05) is 34.1 Å². The number of fused-ring (bicyclic) bond motifs is 5. The fourth-order valence-electron chi connectivity index (χ4n) is 8.39. The van der Waals surface area contributed by atoms with Crippen LogP contribution in [0.1, 0.15) is 104 Å². The highest BCUT2D eigenvalue weighted by atomic mass is 32.2. The van der Waals surface area contributed by atoms with Gasteiger partial charge in [0.05, 0.1) is 39.9 Å². The van der Waals surface area contributed by atoms with E-state index in [0.717, 1.165) is 4.90 Å². The maximum absolute atomic E-state index is 16.3. The lowest BCUT2D eigenvalue weighted by molar-refractivity contribution is -0.144. The highest BCUT2D eigenvalue weighted by Gasteiger charge is 2.68. The molecule has 15 nitrogen and oxygen atoms in total. The highest BCUT2D eigenvalue weighted by Crippen LogP contribution is 2.50. The number of alkyl carbamates (subject to hydrolysis) is 1. The van der Waals surface area contributed by atoms with Crippen LogP contribution in [0.25, 0.3) is 11.0 Å². The van der Waals surface area contributed by atoms with E-state index >= 15 is 8.78 Å². The third-order valence-electron chi connectivity index (χ3n) is 12.7. The number of carbonyl (C=O) groups is 4. The van der Waals surface area contributed by atoms with E-state index < -0.39 is 129 Å². The van der Waals surface area contributed by atoms with Crippen LogP contribution in [0.15, 0.2) is 18.2 Å². The minimum atomic E-state index is -4.32. The molecule has 326 valence electrons. The Labute approximate surface area is 344 Å². The molecule has 4 amide bonds. The SMILES string of the molecule is CC[C@@H]1[C@@H]2CN(C(=O)[C@H](C(C)(C)C)NC(=O)O[C@@H]3C[C@H]3CCCCC(F)(F)c3nc4ccc(C#N)cc4nc3O2)[C@@H]1C(=O)N[C@]1(C(=O)NS(=O)(=O)C2(C)CC2)CC1C(F)F. The lowest BCUT2D eigenvalue weighted by Gasteiger charge is -2.36. The Kier molecular flexibility index (Phi) is 11.0. The summed E-state index contributed by atoms with van der Waals surface area (Å²) in [5, 5.41) is 14.6. The summed E-state index contributed by atoms with van der Waals surface area (Å²) >= 11 is 0. The topological polar surface area (TPSA) is 210 Å². The largest absolute Gasteiger partial charge is 0.471 e. The van der Waals surface area contributed by atoms with Gasteiger partial charge in [0.2, 0.25) is 34.1 Å². The van der Waals surface area contributed by atoms with Crippen molar-refractivity contribution in [2.45, 2.75) is 139 Å². The van der Waals surface area contributed by atoms with Crippen LogP contribution in [0.4, 0.5) is 22.4 Å². The van der Waals surface area contributed by atoms with Crippen LogP contribution in [0.2, 0.25) is 0 Å². The Morgan fingerprint density at radius 1 is 1.08 bits per heavy atom. The number of aromatic nitrogens is 2. The molecule has 3 aliphatic carbocycles. The summed E-state index contributed by atoms with van der Waals surface area (Å²) in [6.45, 7) is 7.53. The number of hydrogen-bond acceptors (Lipinski definition) is 11. The number of hydrogen-bond donors (Lipinski definition) is 3. The number of alkyl halides is 4. The quantitative estimate of drug-likeness (QED) is 0.322. The van der Waals surface area contributed by atoms with E-state index in [-0.39, 0.29) is 48.2 Å². The lowest BCUT2D eigenvalue weighted by atomic mass is 9.85. The first kappa shape index (κ1) is 43.3. The first-order chi connectivity index (χ1) is 28.0. The summed E-state index contributed by atoms with van der Waals surface area (Å²) < 4.78 is 100.0. The van der Waals surface area contributed by atoms with Gasteiger partial charge in [0.15, 0.2) is 5.69 Å². The Bertz CT molecular complexity index is 2250. The van der Waals surface area contributed by atoms with E-state index in [1.807, 2.05) is 10.8 Å². The summed E-state index contributed by atoms with van der Waals surface area (Å²) in [7, 11) is -4.32. The Balaban J connectivity index is 1.30. The van der Waals surface area contributed by atoms with E-state index in [0.29, 0.717) is 19.3 Å². The van der Waals surface area contributed by atoms with Gasteiger partial charge < -0.3 is 25.0 Å². The molecule has 1 aromatic heterocycles. The molecule has 4 fully saturated rings. The smallest absolute Gasteiger partial charge is 0.408 e. The number of nitriles is 1. The van der Waals surface area contributed by atoms with Gasteiger partial charge in [0, 0.05) is 12.3 Å². The first-order valence-electron chi connectivity index (χ1n) is 20.3. The predicted octanol–water partition coefficient (Wildman–Crippen LogP) is 4.82. The molecule has 1 saturated heterocycles. The van der Waals surface area contributed by atoms with E-state index in [4.69, 9.17) is 9.47 Å². The molecule has 5 aliphatic rings. The van der Waals surface area contributed by atoms with Gasteiger partial charge in [-0.15, -0.1) is 0 Å². The van der Waals surface area contributed by atoms with E-state index in [2.05, 4.69) is 20.6 Å². The number of halogens is 4. The Morgan fingerprint density at radius 3 is 2.42 bits per heavy atom. The number of nitrogens with one attached hydrogen (secondary N) is 3. The van der Waals surface area contributed by atoms with Crippen molar-refractivity contribution in [1.29, 1.82) is 5.26 Å². The van der Waals surface area contributed by atoms with Crippen molar-refractivity contribution in [3.05, 3.63) is 29.5 Å². The van der Waals surface area contributed by atoms with Crippen LogP contribution >= 0.6 is 0 Å². The normalized spacial score (nSPS) is 31.2. The number of benzene rings is 1.